The van der Waals surface area contributed by atoms with Crippen molar-refractivity contribution >= 4 is 17.5 Å². The predicted molar refractivity (Wildman–Crippen MR) is 121 cm³/mol. The fourth-order valence-electron chi connectivity index (χ4n) is 4.66. The van der Waals surface area contributed by atoms with E-state index in [4.69, 9.17) is 0 Å². The van der Waals surface area contributed by atoms with Crippen LogP contribution in [-0.2, 0) is 48.8 Å². The van der Waals surface area contributed by atoms with Crippen molar-refractivity contribution in [2.75, 3.05) is 31.5 Å². The Hall–Kier alpha value is -1.56. The van der Waals surface area contributed by atoms with Gasteiger partial charge < -0.3 is 15.1 Å². The fourth-order valence-corrected chi connectivity index (χ4v) is 4.66. The second kappa shape index (κ2) is 11.9. The molecule has 5 nitrogen and oxygen atoms in total. The molecule has 1 saturated heterocycles. The molecule has 1 aliphatic heterocycles. The summed E-state index contributed by atoms with van der Waals surface area (Å²) >= 11 is 0. The molecule has 2 aromatic rings. The zero-order valence-electron chi connectivity index (χ0n) is 19.0. The number of carbonyl (C=O) groups excluding carboxylic acids is 2. The van der Waals surface area contributed by atoms with Gasteiger partial charge in [0, 0.05) is 50.5 Å². The van der Waals surface area contributed by atoms with Crippen molar-refractivity contribution in [3.8, 4) is 0 Å². The Labute approximate surface area is 211 Å². The summed E-state index contributed by atoms with van der Waals surface area (Å²) in [6.07, 6.45) is 1.84. The molecule has 3 rings (SSSR count). The first-order valence-corrected chi connectivity index (χ1v) is 11.0. The summed E-state index contributed by atoms with van der Waals surface area (Å²) in [6.45, 7) is 9.36. The van der Waals surface area contributed by atoms with Crippen LogP contribution in [-0.4, -0.2) is 42.5 Å². The van der Waals surface area contributed by atoms with Crippen LogP contribution in [0.1, 0.15) is 36.5 Å². The molecule has 1 heterocycles. The molecule has 2 atom stereocenters. The SMILES string of the molecule is CCNC(=O)C1CCC[N+](CC(=O)Nc2c(C)cccc2C)(Cc2ccccc2)C1.[Y]. The van der Waals surface area contributed by atoms with E-state index in [2.05, 4.69) is 22.8 Å². The van der Waals surface area contributed by atoms with E-state index in [9.17, 15) is 9.59 Å². The van der Waals surface area contributed by atoms with Crippen LogP contribution in [0.25, 0.3) is 0 Å². The third-order valence-electron chi connectivity index (χ3n) is 6.10. The number of carbonyl (C=O) groups is 2. The van der Waals surface area contributed by atoms with Crippen molar-refractivity contribution in [3.63, 3.8) is 0 Å². The van der Waals surface area contributed by atoms with E-state index >= 15 is 0 Å². The van der Waals surface area contributed by atoms with E-state index in [1.54, 1.807) is 0 Å². The first kappa shape index (κ1) is 25.7. The van der Waals surface area contributed by atoms with Gasteiger partial charge >= 0.3 is 0 Å². The second-order valence-corrected chi connectivity index (χ2v) is 8.60. The molecule has 1 aliphatic rings. The fraction of sp³-hybridized carbons (Fsp3) is 0.440. The topological polar surface area (TPSA) is 58.2 Å². The molecule has 2 amide bonds. The van der Waals surface area contributed by atoms with E-state index < -0.39 is 0 Å². The maximum absolute atomic E-state index is 13.2. The standard InChI is InChI=1S/C25H33N3O2.Y/c1-4-26-25(30)22-14-9-15-28(17-22,16-21-12-6-5-7-13-21)18-23(29)27-24-19(2)10-8-11-20(24)3;/h5-8,10-13,22H,4,9,14-18H2,1-3H3,(H-,26,27,29,30);/p+1. The van der Waals surface area contributed by atoms with E-state index in [-0.39, 0.29) is 50.4 Å². The average molecular weight is 497 g/mol. The molecular formula is C25H34N3O2Y+. The summed E-state index contributed by atoms with van der Waals surface area (Å²) in [4.78, 5) is 25.7. The van der Waals surface area contributed by atoms with Crippen LogP contribution in [0.5, 0.6) is 0 Å². The molecule has 0 spiro atoms. The number of benzene rings is 2. The number of amides is 2. The molecule has 163 valence electrons. The Morgan fingerprint density at radius 2 is 1.71 bits per heavy atom. The van der Waals surface area contributed by atoms with Crippen LogP contribution in [0.4, 0.5) is 5.69 Å². The van der Waals surface area contributed by atoms with Gasteiger partial charge in [-0.05, 0) is 44.7 Å². The van der Waals surface area contributed by atoms with E-state index in [1.807, 2.05) is 57.2 Å². The van der Waals surface area contributed by atoms with Gasteiger partial charge in [-0.1, -0.05) is 48.5 Å². The zero-order valence-corrected chi connectivity index (χ0v) is 21.8. The first-order chi connectivity index (χ1) is 14.4. The van der Waals surface area contributed by atoms with Crippen molar-refractivity contribution in [3.05, 3.63) is 65.2 Å². The molecule has 1 fully saturated rings. The van der Waals surface area contributed by atoms with Crippen LogP contribution in [0, 0.1) is 19.8 Å². The summed E-state index contributed by atoms with van der Waals surface area (Å²) in [7, 11) is 0. The Bertz CT molecular complexity index is 867. The number of quaternary nitrogens is 1. The molecule has 0 saturated carbocycles. The zero-order chi connectivity index (χ0) is 21.6. The van der Waals surface area contributed by atoms with Gasteiger partial charge in [-0.15, -0.1) is 0 Å². The van der Waals surface area contributed by atoms with Gasteiger partial charge in [-0.2, -0.15) is 0 Å². The maximum Gasteiger partial charge on any atom is 0.279 e. The number of likely N-dealkylation sites (tertiary alicyclic amines) is 1. The predicted octanol–water partition coefficient (Wildman–Crippen LogP) is 3.80. The first-order valence-electron chi connectivity index (χ1n) is 11.0. The van der Waals surface area contributed by atoms with Crippen molar-refractivity contribution in [1.82, 2.24) is 5.32 Å². The molecular weight excluding hydrogens is 463 g/mol. The van der Waals surface area contributed by atoms with Crippen molar-refractivity contribution in [1.29, 1.82) is 0 Å². The minimum atomic E-state index is -0.0459. The molecule has 0 bridgehead atoms. The average Bonchev–Trinajstić information content (AvgIpc) is 2.72. The van der Waals surface area contributed by atoms with Gasteiger partial charge in [-0.25, -0.2) is 0 Å². The number of aryl methyl sites for hydroxylation is 2. The second-order valence-electron chi connectivity index (χ2n) is 8.60. The number of piperidine rings is 1. The van der Waals surface area contributed by atoms with Crippen LogP contribution >= 0.6 is 0 Å². The number of nitrogens with zero attached hydrogens (tertiary/aromatic N) is 1. The number of hydrogen-bond donors (Lipinski definition) is 2. The van der Waals surface area contributed by atoms with Gasteiger partial charge in [0.15, 0.2) is 6.54 Å². The maximum atomic E-state index is 13.2. The molecule has 0 aliphatic carbocycles. The summed E-state index contributed by atoms with van der Waals surface area (Å²) in [5.74, 6) is 0.0817. The van der Waals surface area contributed by atoms with Gasteiger partial charge in [-0.3, -0.25) is 9.59 Å². The van der Waals surface area contributed by atoms with Crippen molar-refractivity contribution in [2.45, 2.75) is 40.2 Å². The van der Waals surface area contributed by atoms with E-state index in [0.29, 0.717) is 24.1 Å². The minimum Gasteiger partial charge on any atom is -0.356 e. The Morgan fingerprint density at radius 1 is 1.03 bits per heavy atom. The Balaban J connectivity index is 0.00000341. The van der Waals surface area contributed by atoms with Crippen LogP contribution in [0.2, 0.25) is 0 Å². The third kappa shape index (κ3) is 6.96. The molecule has 6 heteroatoms. The molecule has 2 N–H and O–H groups in total. The number of rotatable bonds is 7. The number of hydrogen-bond acceptors (Lipinski definition) is 2. The molecule has 31 heavy (non-hydrogen) atoms. The Morgan fingerprint density at radius 3 is 2.35 bits per heavy atom. The number of para-hydroxylation sites is 1. The van der Waals surface area contributed by atoms with Crippen LogP contribution in [0.3, 0.4) is 0 Å². The van der Waals surface area contributed by atoms with Crippen molar-refractivity contribution < 1.29 is 46.8 Å². The molecule has 2 aromatic carbocycles. The molecule has 0 aromatic heterocycles. The molecule has 2 unspecified atom stereocenters. The summed E-state index contributed by atoms with van der Waals surface area (Å²) in [5.41, 5.74) is 4.24. The summed E-state index contributed by atoms with van der Waals surface area (Å²) in [6, 6.07) is 16.3. The van der Waals surface area contributed by atoms with Gasteiger partial charge in [0.05, 0.1) is 19.0 Å². The molecule has 1 radical (unpaired) electrons. The van der Waals surface area contributed by atoms with E-state index in [0.717, 1.165) is 42.7 Å². The Kier molecular flexibility index (Phi) is 9.86. The number of anilines is 1. The van der Waals surface area contributed by atoms with Gasteiger partial charge in [0.25, 0.3) is 5.91 Å². The van der Waals surface area contributed by atoms with Crippen LogP contribution in [0.15, 0.2) is 48.5 Å². The third-order valence-corrected chi connectivity index (χ3v) is 6.10. The van der Waals surface area contributed by atoms with Crippen molar-refractivity contribution in [2.24, 2.45) is 5.92 Å². The van der Waals surface area contributed by atoms with Gasteiger partial charge in [0.2, 0.25) is 5.91 Å². The number of nitrogens with one attached hydrogen (secondary N) is 2. The quantitative estimate of drug-likeness (QED) is 0.572. The summed E-state index contributed by atoms with van der Waals surface area (Å²) < 4.78 is 0.614. The monoisotopic (exact) mass is 497 g/mol. The van der Waals surface area contributed by atoms with E-state index in [1.165, 1.54) is 5.56 Å². The smallest absolute Gasteiger partial charge is 0.279 e. The van der Waals surface area contributed by atoms with Gasteiger partial charge in [0.1, 0.15) is 6.54 Å². The minimum absolute atomic E-state index is 0. The van der Waals surface area contributed by atoms with Crippen LogP contribution < -0.4 is 10.6 Å². The largest absolute Gasteiger partial charge is 0.356 e. The normalized spacial score (nSPS) is 20.4. The summed E-state index contributed by atoms with van der Waals surface area (Å²) in [5, 5.41) is 6.13.